The summed E-state index contributed by atoms with van der Waals surface area (Å²) >= 11 is 6.11. The average Bonchev–Trinajstić information content (AvgIpc) is 2.74. The summed E-state index contributed by atoms with van der Waals surface area (Å²) in [5, 5.41) is 4.52. The molecule has 2 rings (SSSR count). The largest absolute Gasteiger partial charge is 0.462 e. The third kappa shape index (κ3) is 3.17. The lowest BCUT2D eigenvalue weighted by Gasteiger charge is -2.04. The van der Waals surface area contributed by atoms with E-state index in [1.54, 1.807) is 24.0 Å². The molecule has 2 heterocycles. The summed E-state index contributed by atoms with van der Waals surface area (Å²) < 4.78 is 6.82. The van der Waals surface area contributed by atoms with Crippen LogP contribution < -0.4 is 0 Å². The van der Waals surface area contributed by atoms with Crippen LogP contribution in [-0.2, 0) is 17.7 Å². The molecule has 0 aliphatic carbocycles. The van der Waals surface area contributed by atoms with Gasteiger partial charge in [-0.15, -0.1) is 0 Å². The zero-order valence-electron chi connectivity index (χ0n) is 11.5. The smallest absolute Gasteiger partial charge is 0.343 e. The number of hydrogen-bond acceptors (Lipinski definition) is 4. The fourth-order valence-electron chi connectivity index (χ4n) is 1.87. The van der Waals surface area contributed by atoms with E-state index in [0.29, 0.717) is 29.4 Å². The maximum atomic E-state index is 12.0. The second-order valence-corrected chi connectivity index (χ2v) is 4.67. The molecule has 20 heavy (non-hydrogen) atoms. The number of aryl methyl sites for hydroxylation is 2. The van der Waals surface area contributed by atoms with Crippen molar-refractivity contribution in [1.29, 1.82) is 0 Å². The first-order valence-corrected chi connectivity index (χ1v) is 6.80. The van der Waals surface area contributed by atoms with Crippen LogP contribution >= 0.6 is 11.6 Å². The Morgan fingerprint density at radius 2 is 2.30 bits per heavy atom. The molecule has 6 heteroatoms. The van der Waals surface area contributed by atoms with Gasteiger partial charge in [0.2, 0.25) is 0 Å². The standard InChI is InChI=1S/C14H16ClN3O2/c1-3-18-13(15)12(10(2)17-18)14(19)20-8-6-11-5-4-7-16-9-11/h4-5,7,9H,3,6,8H2,1-2H3. The lowest BCUT2D eigenvalue weighted by molar-refractivity contribution is 0.0508. The maximum Gasteiger partial charge on any atom is 0.343 e. The zero-order chi connectivity index (χ0) is 14.5. The molecule has 0 fully saturated rings. The van der Waals surface area contributed by atoms with Crippen LogP contribution in [0.2, 0.25) is 5.15 Å². The molecule has 0 saturated carbocycles. The topological polar surface area (TPSA) is 57.0 Å². The van der Waals surface area contributed by atoms with Crippen LogP contribution in [0.3, 0.4) is 0 Å². The molecule has 0 atom stereocenters. The summed E-state index contributed by atoms with van der Waals surface area (Å²) in [4.78, 5) is 16.0. The molecule has 0 aliphatic heterocycles. The minimum absolute atomic E-state index is 0.289. The molecule has 0 N–H and O–H groups in total. The first-order valence-electron chi connectivity index (χ1n) is 6.42. The van der Waals surface area contributed by atoms with E-state index in [-0.39, 0.29) is 6.61 Å². The number of esters is 1. The molecule has 0 bridgehead atoms. The van der Waals surface area contributed by atoms with Crippen LogP contribution in [0.25, 0.3) is 0 Å². The second-order valence-electron chi connectivity index (χ2n) is 4.31. The number of carbonyl (C=O) groups excluding carboxylic acids is 1. The van der Waals surface area contributed by atoms with Crippen LogP contribution in [0, 0.1) is 6.92 Å². The summed E-state index contributed by atoms with van der Waals surface area (Å²) in [5.74, 6) is -0.434. The van der Waals surface area contributed by atoms with E-state index in [2.05, 4.69) is 10.1 Å². The Kier molecular flexibility index (Phi) is 4.74. The Morgan fingerprint density at radius 1 is 1.50 bits per heavy atom. The van der Waals surface area contributed by atoms with E-state index < -0.39 is 5.97 Å². The summed E-state index contributed by atoms with van der Waals surface area (Å²) in [7, 11) is 0. The van der Waals surface area contributed by atoms with Crippen molar-refractivity contribution in [2.24, 2.45) is 0 Å². The number of rotatable bonds is 5. The number of halogens is 1. The van der Waals surface area contributed by atoms with E-state index in [1.807, 2.05) is 19.1 Å². The van der Waals surface area contributed by atoms with Crippen LogP contribution in [0.15, 0.2) is 24.5 Å². The van der Waals surface area contributed by atoms with Crippen molar-refractivity contribution >= 4 is 17.6 Å². The maximum absolute atomic E-state index is 12.0. The molecule has 0 saturated heterocycles. The van der Waals surface area contributed by atoms with Gasteiger partial charge in [-0.05, 0) is 25.5 Å². The van der Waals surface area contributed by atoms with Gasteiger partial charge in [0.05, 0.1) is 12.3 Å². The Labute approximate surface area is 122 Å². The summed E-state index contributed by atoms with van der Waals surface area (Å²) in [6, 6.07) is 3.79. The number of nitrogens with zero attached hydrogens (tertiary/aromatic N) is 3. The van der Waals surface area contributed by atoms with Crippen molar-refractivity contribution in [2.45, 2.75) is 26.8 Å². The molecule has 2 aromatic rings. The van der Waals surface area contributed by atoms with Gasteiger partial charge < -0.3 is 4.74 Å². The Bertz CT molecular complexity index is 596. The first kappa shape index (κ1) is 14.5. The number of pyridine rings is 1. The highest BCUT2D eigenvalue weighted by Gasteiger charge is 2.20. The molecular weight excluding hydrogens is 278 g/mol. The highest BCUT2D eigenvalue weighted by atomic mass is 35.5. The fraction of sp³-hybridized carbons (Fsp3) is 0.357. The Morgan fingerprint density at radius 3 is 2.90 bits per heavy atom. The van der Waals surface area contributed by atoms with Gasteiger partial charge in [-0.3, -0.25) is 9.67 Å². The van der Waals surface area contributed by atoms with Gasteiger partial charge in [0, 0.05) is 25.4 Å². The van der Waals surface area contributed by atoms with E-state index in [1.165, 1.54) is 0 Å². The molecule has 2 aromatic heterocycles. The summed E-state index contributed by atoms with van der Waals surface area (Å²) in [5.41, 5.74) is 1.95. The van der Waals surface area contributed by atoms with E-state index in [0.717, 1.165) is 5.56 Å². The quantitative estimate of drug-likeness (QED) is 0.795. The van der Waals surface area contributed by atoms with Gasteiger partial charge >= 0.3 is 5.97 Å². The predicted octanol–water partition coefficient (Wildman–Crippen LogP) is 2.66. The third-order valence-corrected chi connectivity index (χ3v) is 3.30. The van der Waals surface area contributed by atoms with Crippen molar-refractivity contribution in [2.75, 3.05) is 6.61 Å². The van der Waals surface area contributed by atoms with Crippen molar-refractivity contribution in [3.63, 3.8) is 0 Å². The zero-order valence-corrected chi connectivity index (χ0v) is 12.2. The van der Waals surface area contributed by atoms with Crippen molar-refractivity contribution in [3.05, 3.63) is 46.5 Å². The minimum Gasteiger partial charge on any atom is -0.462 e. The van der Waals surface area contributed by atoms with Crippen LogP contribution in [0.1, 0.15) is 28.5 Å². The molecule has 0 aromatic carbocycles. The van der Waals surface area contributed by atoms with Gasteiger partial charge in [0.1, 0.15) is 10.7 Å². The van der Waals surface area contributed by atoms with Crippen molar-refractivity contribution in [1.82, 2.24) is 14.8 Å². The summed E-state index contributed by atoms with van der Waals surface area (Å²) in [6.07, 6.45) is 4.08. The third-order valence-electron chi connectivity index (χ3n) is 2.92. The summed E-state index contributed by atoms with van der Waals surface area (Å²) in [6.45, 7) is 4.56. The van der Waals surface area contributed by atoms with Gasteiger partial charge in [-0.2, -0.15) is 5.10 Å². The molecular formula is C14H16ClN3O2. The van der Waals surface area contributed by atoms with Crippen LogP contribution in [-0.4, -0.2) is 27.3 Å². The number of aromatic nitrogens is 3. The second kappa shape index (κ2) is 6.52. The fourth-order valence-corrected chi connectivity index (χ4v) is 2.25. The molecule has 0 amide bonds. The predicted molar refractivity (Wildman–Crippen MR) is 75.9 cm³/mol. The lowest BCUT2D eigenvalue weighted by atomic mass is 10.2. The van der Waals surface area contributed by atoms with Gasteiger partial charge in [0.15, 0.2) is 0 Å². The number of ether oxygens (including phenoxy) is 1. The molecule has 5 nitrogen and oxygen atoms in total. The first-order chi connectivity index (χ1) is 9.63. The number of carbonyl (C=O) groups is 1. The Hall–Kier alpha value is -1.88. The molecule has 0 radical (unpaired) electrons. The van der Waals surface area contributed by atoms with Gasteiger partial charge in [-0.25, -0.2) is 4.79 Å². The average molecular weight is 294 g/mol. The monoisotopic (exact) mass is 293 g/mol. The minimum atomic E-state index is -0.434. The van der Waals surface area contributed by atoms with E-state index >= 15 is 0 Å². The number of hydrogen-bond donors (Lipinski definition) is 0. The molecule has 0 unspecified atom stereocenters. The normalized spacial score (nSPS) is 10.6. The van der Waals surface area contributed by atoms with Crippen molar-refractivity contribution < 1.29 is 9.53 Å². The highest BCUT2D eigenvalue weighted by Crippen LogP contribution is 2.20. The SMILES string of the molecule is CCn1nc(C)c(C(=O)OCCc2cccnc2)c1Cl. The molecule has 0 aliphatic rings. The van der Waals surface area contributed by atoms with Gasteiger partial charge in [-0.1, -0.05) is 17.7 Å². The molecule has 0 spiro atoms. The highest BCUT2D eigenvalue weighted by molar-refractivity contribution is 6.32. The van der Waals surface area contributed by atoms with Crippen molar-refractivity contribution in [3.8, 4) is 0 Å². The van der Waals surface area contributed by atoms with Crippen LogP contribution in [0.4, 0.5) is 0 Å². The lowest BCUT2D eigenvalue weighted by Crippen LogP contribution is -2.09. The van der Waals surface area contributed by atoms with Gasteiger partial charge in [0.25, 0.3) is 0 Å². The Balaban J connectivity index is 1.97. The van der Waals surface area contributed by atoms with E-state index in [4.69, 9.17) is 16.3 Å². The molecule has 106 valence electrons. The van der Waals surface area contributed by atoms with Crippen LogP contribution in [0.5, 0.6) is 0 Å². The van der Waals surface area contributed by atoms with E-state index in [9.17, 15) is 4.79 Å².